The van der Waals surface area contributed by atoms with Crippen molar-refractivity contribution in [2.45, 2.75) is 30.6 Å². The molecule has 3 unspecified atom stereocenters. The molecule has 3 rings (SSSR count). The highest BCUT2D eigenvalue weighted by Gasteiger charge is 2.41. The fourth-order valence-corrected chi connectivity index (χ4v) is 5.28. The Kier molecular flexibility index (Phi) is 3.69. The Morgan fingerprint density at radius 2 is 2.10 bits per heavy atom. The first-order valence-corrected chi connectivity index (χ1v) is 8.83. The van der Waals surface area contributed by atoms with Crippen LogP contribution in [0.5, 0.6) is 0 Å². The molecule has 0 heterocycles. The second-order valence-electron chi connectivity index (χ2n) is 6.40. The summed E-state index contributed by atoms with van der Waals surface area (Å²) in [5.74, 6) is 1.27. The number of nitrogen functional groups attached to an aromatic ring is 1. The number of nitrogens with two attached hydrogens (primary N) is 1. The van der Waals surface area contributed by atoms with Crippen LogP contribution in [0.2, 0.25) is 0 Å². The highest BCUT2D eigenvalue weighted by Crippen LogP contribution is 2.48. The molecule has 6 heteroatoms. The summed E-state index contributed by atoms with van der Waals surface area (Å²) in [5, 5.41) is 0. The van der Waals surface area contributed by atoms with Crippen LogP contribution in [-0.4, -0.2) is 26.3 Å². The van der Waals surface area contributed by atoms with Gasteiger partial charge < -0.3 is 5.73 Å². The summed E-state index contributed by atoms with van der Waals surface area (Å²) >= 11 is 0. The standard InChI is InChI=1S/C15H21FN2O2S/c1-18(9-12-7-10-2-3-11(12)6-10)21(19,20)15-8-13(16)4-5-14(15)17/h4-5,8,10-12H,2-3,6-7,9,17H2,1H3. The number of hydrogen-bond acceptors (Lipinski definition) is 3. The lowest BCUT2D eigenvalue weighted by atomic mass is 9.89. The maximum Gasteiger partial charge on any atom is 0.244 e. The molecule has 0 radical (unpaired) electrons. The van der Waals surface area contributed by atoms with Crippen molar-refractivity contribution >= 4 is 15.7 Å². The number of fused-ring (bicyclic) bond motifs is 2. The van der Waals surface area contributed by atoms with E-state index in [0.717, 1.165) is 18.4 Å². The van der Waals surface area contributed by atoms with Crippen molar-refractivity contribution < 1.29 is 12.8 Å². The normalized spacial score (nSPS) is 28.4. The molecule has 0 aliphatic heterocycles. The molecule has 116 valence electrons. The zero-order valence-corrected chi connectivity index (χ0v) is 12.9. The van der Waals surface area contributed by atoms with Crippen molar-refractivity contribution in [3.63, 3.8) is 0 Å². The number of anilines is 1. The van der Waals surface area contributed by atoms with Gasteiger partial charge in [0, 0.05) is 13.6 Å². The predicted octanol–water partition coefficient (Wildman–Crippen LogP) is 2.46. The van der Waals surface area contributed by atoms with Gasteiger partial charge in [-0.2, -0.15) is 0 Å². The molecule has 2 bridgehead atoms. The van der Waals surface area contributed by atoms with Crippen LogP contribution in [0.25, 0.3) is 0 Å². The Bertz CT molecular complexity index is 647. The molecule has 2 aliphatic carbocycles. The van der Waals surface area contributed by atoms with Crippen LogP contribution in [-0.2, 0) is 10.0 Å². The summed E-state index contributed by atoms with van der Waals surface area (Å²) in [6, 6.07) is 3.47. The molecule has 2 N–H and O–H groups in total. The van der Waals surface area contributed by atoms with E-state index in [2.05, 4.69) is 0 Å². The molecule has 2 aliphatic rings. The number of rotatable bonds is 4. The van der Waals surface area contributed by atoms with E-state index < -0.39 is 15.8 Å². The molecule has 4 nitrogen and oxygen atoms in total. The number of nitrogens with zero attached hydrogens (tertiary/aromatic N) is 1. The van der Waals surface area contributed by atoms with Crippen LogP contribution in [0.4, 0.5) is 10.1 Å². The molecule has 2 saturated carbocycles. The maximum absolute atomic E-state index is 13.3. The van der Waals surface area contributed by atoms with Crippen molar-refractivity contribution in [3.05, 3.63) is 24.0 Å². The third-order valence-corrected chi connectivity index (χ3v) is 6.92. The van der Waals surface area contributed by atoms with Crippen molar-refractivity contribution in [2.24, 2.45) is 17.8 Å². The van der Waals surface area contributed by atoms with Crippen LogP contribution in [0.15, 0.2) is 23.1 Å². The van der Waals surface area contributed by atoms with Crippen molar-refractivity contribution in [1.82, 2.24) is 4.31 Å². The van der Waals surface area contributed by atoms with Gasteiger partial charge in [0.15, 0.2) is 0 Å². The summed E-state index contributed by atoms with van der Waals surface area (Å²) < 4.78 is 39.8. The molecule has 1 aromatic carbocycles. The zero-order valence-electron chi connectivity index (χ0n) is 12.1. The minimum absolute atomic E-state index is 0.0937. The highest BCUT2D eigenvalue weighted by molar-refractivity contribution is 7.89. The molecule has 0 amide bonds. The first-order valence-electron chi connectivity index (χ1n) is 7.39. The van der Waals surface area contributed by atoms with E-state index in [1.54, 1.807) is 7.05 Å². The fraction of sp³-hybridized carbons (Fsp3) is 0.600. The Balaban J connectivity index is 1.79. The largest absolute Gasteiger partial charge is 0.398 e. The van der Waals surface area contributed by atoms with E-state index in [4.69, 9.17) is 5.73 Å². The second kappa shape index (κ2) is 5.25. The molecule has 0 spiro atoms. The SMILES string of the molecule is CN(CC1CC2CCC1C2)S(=O)(=O)c1cc(F)ccc1N. The first kappa shape index (κ1) is 14.8. The molecule has 0 aromatic heterocycles. The number of benzene rings is 1. The Labute approximate surface area is 125 Å². The van der Waals surface area contributed by atoms with E-state index in [0.29, 0.717) is 18.4 Å². The third-order valence-electron chi connectivity index (χ3n) is 5.04. The summed E-state index contributed by atoms with van der Waals surface area (Å²) in [6.45, 7) is 0.499. The molecular formula is C15H21FN2O2S. The van der Waals surface area contributed by atoms with E-state index >= 15 is 0 Å². The van der Waals surface area contributed by atoms with Gasteiger partial charge in [-0.05, 0) is 55.2 Å². The van der Waals surface area contributed by atoms with Crippen LogP contribution in [0.1, 0.15) is 25.7 Å². The summed E-state index contributed by atoms with van der Waals surface area (Å²) in [7, 11) is -2.17. The van der Waals surface area contributed by atoms with Gasteiger partial charge in [-0.15, -0.1) is 0 Å². The second-order valence-corrected chi connectivity index (χ2v) is 8.42. The van der Waals surface area contributed by atoms with Gasteiger partial charge in [-0.3, -0.25) is 0 Å². The summed E-state index contributed by atoms with van der Waals surface area (Å²) in [5.41, 5.74) is 5.80. The third kappa shape index (κ3) is 2.66. The Morgan fingerprint density at radius 1 is 1.33 bits per heavy atom. The highest BCUT2D eigenvalue weighted by atomic mass is 32.2. The van der Waals surface area contributed by atoms with Crippen molar-refractivity contribution in [1.29, 1.82) is 0 Å². The van der Waals surface area contributed by atoms with Gasteiger partial charge >= 0.3 is 0 Å². The predicted molar refractivity (Wildman–Crippen MR) is 79.6 cm³/mol. The number of sulfonamides is 1. The summed E-state index contributed by atoms with van der Waals surface area (Å²) in [4.78, 5) is -0.131. The Hall–Kier alpha value is -1.14. The van der Waals surface area contributed by atoms with Crippen LogP contribution in [0.3, 0.4) is 0 Å². The lowest BCUT2D eigenvalue weighted by molar-refractivity contribution is 0.280. The quantitative estimate of drug-likeness (QED) is 0.869. The van der Waals surface area contributed by atoms with Gasteiger partial charge in [0.25, 0.3) is 0 Å². The first-order chi connectivity index (χ1) is 9.88. The van der Waals surface area contributed by atoms with Crippen molar-refractivity contribution in [2.75, 3.05) is 19.3 Å². The maximum atomic E-state index is 13.3. The molecule has 21 heavy (non-hydrogen) atoms. The van der Waals surface area contributed by atoms with Gasteiger partial charge in [-0.1, -0.05) is 6.42 Å². The molecule has 0 saturated heterocycles. The average Bonchev–Trinajstić information content (AvgIpc) is 3.03. The van der Waals surface area contributed by atoms with E-state index in [-0.39, 0.29) is 10.6 Å². The zero-order chi connectivity index (χ0) is 15.2. The van der Waals surface area contributed by atoms with Crippen molar-refractivity contribution in [3.8, 4) is 0 Å². The summed E-state index contributed by atoms with van der Waals surface area (Å²) in [6.07, 6.45) is 4.85. The minimum Gasteiger partial charge on any atom is -0.398 e. The van der Waals surface area contributed by atoms with Crippen LogP contribution >= 0.6 is 0 Å². The Morgan fingerprint density at radius 3 is 2.71 bits per heavy atom. The molecular weight excluding hydrogens is 291 g/mol. The fourth-order valence-electron chi connectivity index (χ4n) is 3.93. The van der Waals surface area contributed by atoms with Gasteiger partial charge in [0.05, 0.1) is 5.69 Å². The van der Waals surface area contributed by atoms with Gasteiger partial charge in [-0.25, -0.2) is 17.1 Å². The van der Waals surface area contributed by atoms with Gasteiger partial charge in [0.1, 0.15) is 10.7 Å². The van der Waals surface area contributed by atoms with Crippen LogP contribution in [0, 0.1) is 23.6 Å². The smallest absolute Gasteiger partial charge is 0.244 e. The topological polar surface area (TPSA) is 63.4 Å². The number of halogens is 1. The van der Waals surface area contributed by atoms with E-state index in [1.165, 1.54) is 35.7 Å². The lowest BCUT2D eigenvalue weighted by Crippen LogP contribution is -2.34. The van der Waals surface area contributed by atoms with E-state index in [1.807, 2.05) is 0 Å². The van der Waals surface area contributed by atoms with Crippen LogP contribution < -0.4 is 5.73 Å². The number of hydrogen-bond donors (Lipinski definition) is 1. The average molecular weight is 312 g/mol. The van der Waals surface area contributed by atoms with Gasteiger partial charge in [0.2, 0.25) is 10.0 Å². The molecule has 2 fully saturated rings. The monoisotopic (exact) mass is 312 g/mol. The van der Waals surface area contributed by atoms with E-state index in [9.17, 15) is 12.8 Å². The molecule has 3 atom stereocenters. The minimum atomic E-state index is -3.73. The molecule has 1 aromatic rings. The lowest BCUT2D eigenvalue weighted by Gasteiger charge is -2.27.